The monoisotopic (exact) mass is 248 g/mol. The molecule has 1 N–H and O–H groups in total. The molecule has 1 aromatic carbocycles. The molecule has 2 amide bonds. The van der Waals surface area contributed by atoms with Gasteiger partial charge in [-0.2, -0.15) is 0 Å². The van der Waals surface area contributed by atoms with Crippen molar-refractivity contribution >= 4 is 17.5 Å². The number of hydrogen-bond donors (Lipinski definition) is 1. The SMILES string of the molecule is COCc1cccc(N2CCC(=O)NCC2=O)c1. The van der Waals surface area contributed by atoms with Gasteiger partial charge in [0, 0.05) is 25.8 Å². The maximum atomic E-state index is 11.9. The number of anilines is 1. The number of benzene rings is 1. The summed E-state index contributed by atoms with van der Waals surface area (Å²) >= 11 is 0. The van der Waals surface area contributed by atoms with Gasteiger partial charge in [0.05, 0.1) is 13.2 Å². The third-order valence-electron chi connectivity index (χ3n) is 2.83. The fourth-order valence-electron chi connectivity index (χ4n) is 1.95. The molecule has 0 spiro atoms. The van der Waals surface area contributed by atoms with Crippen LogP contribution < -0.4 is 10.2 Å². The van der Waals surface area contributed by atoms with Gasteiger partial charge in [-0.15, -0.1) is 0 Å². The van der Waals surface area contributed by atoms with E-state index < -0.39 is 0 Å². The van der Waals surface area contributed by atoms with Gasteiger partial charge in [0.25, 0.3) is 0 Å². The van der Waals surface area contributed by atoms with E-state index in [2.05, 4.69) is 5.32 Å². The molecule has 0 aliphatic carbocycles. The van der Waals surface area contributed by atoms with Crippen LogP contribution in [0, 0.1) is 0 Å². The van der Waals surface area contributed by atoms with Gasteiger partial charge >= 0.3 is 0 Å². The molecular weight excluding hydrogens is 232 g/mol. The zero-order valence-corrected chi connectivity index (χ0v) is 10.3. The molecule has 2 rings (SSSR count). The van der Waals surface area contributed by atoms with Crippen molar-refractivity contribution in [3.63, 3.8) is 0 Å². The van der Waals surface area contributed by atoms with Gasteiger partial charge in [-0.1, -0.05) is 12.1 Å². The smallest absolute Gasteiger partial charge is 0.246 e. The Labute approximate surface area is 106 Å². The van der Waals surface area contributed by atoms with Crippen molar-refractivity contribution in [1.82, 2.24) is 5.32 Å². The van der Waals surface area contributed by atoms with E-state index in [4.69, 9.17) is 4.74 Å². The minimum absolute atomic E-state index is 0.0628. The molecular formula is C13H16N2O3. The molecule has 0 radical (unpaired) electrons. The van der Waals surface area contributed by atoms with Crippen LogP contribution in [0.4, 0.5) is 5.69 Å². The van der Waals surface area contributed by atoms with Crippen molar-refractivity contribution in [3.05, 3.63) is 29.8 Å². The van der Waals surface area contributed by atoms with Gasteiger partial charge in [0.2, 0.25) is 11.8 Å². The number of rotatable bonds is 3. The molecule has 0 atom stereocenters. The van der Waals surface area contributed by atoms with E-state index in [9.17, 15) is 9.59 Å². The van der Waals surface area contributed by atoms with Crippen LogP contribution in [0.15, 0.2) is 24.3 Å². The fraction of sp³-hybridized carbons (Fsp3) is 0.385. The standard InChI is InChI=1S/C13H16N2O3/c1-18-9-10-3-2-4-11(7-10)15-6-5-12(16)14-8-13(15)17/h2-4,7H,5-6,8-9H2,1H3,(H,14,16). The van der Waals surface area contributed by atoms with Crippen molar-refractivity contribution in [3.8, 4) is 0 Å². The Bertz CT molecular complexity index is 459. The quantitative estimate of drug-likeness (QED) is 0.856. The summed E-state index contributed by atoms with van der Waals surface area (Å²) < 4.78 is 5.07. The van der Waals surface area contributed by atoms with Crippen LogP contribution in [0.5, 0.6) is 0 Å². The van der Waals surface area contributed by atoms with Crippen molar-refractivity contribution in [2.24, 2.45) is 0 Å². The van der Waals surface area contributed by atoms with Gasteiger partial charge < -0.3 is 15.0 Å². The molecule has 0 unspecified atom stereocenters. The maximum absolute atomic E-state index is 11.9. The minimum atomic E-state index is -0.0876. The summed E-state index contributed by atoms with van der Waals surface area (Å²) in [7, 11) is 1.63. The van der Waals surface area contributed by atoms with Crippen LogP contribution in [0.3, 0.4) is 0 Å². The van der Waals surface area contributed by atoms with Crippen molar-refractivity contribution in [1.29, 1.82) is 0 Å². The average Bonchev–Trinajstić information content (AvgIpc) is 2.53. The lowest BCUT2D eigenvalue weighted by Gasteiger charge is -2.20. The second kappa shape index (κ2) is 5.64. The largest absolute Gasteiger partial charge is 0.380 e. The molecule has 5 nitrogen and oxygen atoms in total. The third kappa shape index (κ3) is 2.87. The van der Waals surface area contributed by atoms with E-state index in [1.807, 2.05) is 24.3 Å². The zero-order chi connectivity index (χ0) is 13.0. The second-order valence-corrected chi connectivity index (χ2v) is 4.18. The first-order valence-corrected chi connectivity index (χ1v) is 5.85. The number of ether oxygens (including phenoxy) is 1. The highest BCUT2D eigenvalue weighted by molar-refractivity contribution is 5.98. The molecule has 0 bridgehead atoms. The summed E-state index contributed by atoms with van der Waals surface area (Å²) in [6, 6.07) is 7.61. The first-order valence-electron chi connectivity index (χ1n) is 5.85. The summed E-state index contributed by atoms with van der Waals surface area (Å²) in [6.45, 7) is 0.988. The van der Waals surface area contributed by atoms with Gasteiger partial charge in [-0.05, 0) is 17.7 Å². The normalized spacial score (nSPS) is 16.4. The predicted molar refractivity (Wildman–Crippen MR) is 67.1 cm³/mol. The molecule has 1 saturated heterocycles. The van der Waals surface area contributed by atoms with E-state index in [1.54, 1.807) is 12.0 Å². The van der Waals surface area contributed by atoms with Crippen LogP contribution in [0.2, 0.25) is 0 Å². The Hall–Kier alpha value is -1.88. The Balaban J connectivity index is 2.20. The minimum Gasteiger partial charge on any atom is -0.380 e. The summed E-state index contributed by atoms with van der Waals surface area (Å²) in [5.74, 6) is -0.172. The first-order chi connectivity index (χ1) is 8.70. The highest BCUT2D eigenvalue weighted by atomic mass is 16.5. The molecule has 1 aromatic rings. The molecule has 1 aliphatic rings. The number of methoxy groups -OCH3 is 1. The Kier molecular flexibility index (Phi) is 3.94. The van der Waals surface area contributed by atoms with E-state index in [0.29, 0.717) is 19.6 Å². The van der Waals surface area contributed by atoms with Crippen molar-refractivity contribution in [2.45, 2.75) is 13.0 Å². The summed E-state index contributed by atoms with van der Waals surface area (Å²) in [5, 5.41) is 2.58. The zero-order valence-electron chi connectivity index (χ0n) is 10.3. The fourth-order valence-corrected chi connectivity index (χ4v) is 1.95. The highest BCUT2D eigenvalue weighted by Crippen LogP contribution is 2.18. The second-order valence-electron chi connectivity index (χ2n) is 4.18. The summed E-state index contributed by atoms with van der Waals surface area (Å²) in [6.07, 6.45) is 0.334. The topological polar surface area (TPSA) is 58.6 Å². The highest BCUT2D eigenvalue weighted by Gasteiger charge is 2.21. The Morgan fingerprint density at radius 1 is 1.39 bits per heavy atom. The van der Waals surface area contributed by atoms with Gasteiger partial charge in [-0.3, -0.25) is 9.59 Å². The molecule has 0 saturated carbocycles. The molecule has 1 heterocycles. The van der Waals surface area contributed by atoms with Crippen LogP contribution in [0.25, 0.3) is 0 Å². The molecule has 18 heavy (non-hydrogen) atoms. The maximum Gasteiger partial charge on any atom is 0.246 e. The predicted octanol–water partition coefficient (Wildman–Crippen LogP) is 0.686. The lowest BCUT2D eigenvalue weighted by atomic mass is 10.2. The first kappa shape index (κ1) is 12.6. The van der Waals surface area contributed by atoms with Crippen LogP contribution in [0.1, 0.15) is 12.0 Å². The number of carbonyl (C=O) groups is 2. The van der Waals surface area contributed by atoms with E-state index in [-0.39, 0.29) is 18.4 Å². The molecule has 1 fully saturated rings. The third-order valence-corrected chi connectivity index (χ3v) is 2.83. The Morgan fingerprint density at radius 2 is 2.22 bits per heavy atom. The molecule has 96 valence electrons. The van der Waals surface area contributed by atoms with E-state index in [0.717, 1.165) is 11.3 Å². The van der Waals surface area contributed by atoms with Crippen LogP contribution in [-0.4, -0.2) is 32.0 Å². The van der Waals surface area contributed by atoms with E-state index in [1.165, 1.54) is 0 Å². The lowest BCUT2D eigenvalue weighted by molar-refractivity contribution is -0.123. The van der Waals surface area contributed by atoms with Crippen LogP contribution in [-0.2, 0) is 20.9 Å². The average molecular weight is 248 g/mol. The van der Waals surface area contributed by atoms with Crippen LogP contribution >= 0.6 is 0 Å². The van der Waals surface area contributed by atoms with Gasteiger partial charge in [0.15, 0.2) is 0 Å². The van der Waals surface area contributed by atoms with Crippen molar-refractivity contribution < 1.29 is 14.3 Å². The Morgan fingerprint density at radius 3 is 3.00 bits per heavy atom. The number of nitrogens with zero attached hydrogens (tertiary/aromatic N) is 1. The van der Waals surface area contributed by atoms with E-state index >= 15 is 0 Å². The lowest BCUT2D eigenvalue weighted by Crippen LogP contribution is -2.35. The summed E-state index contributed by atoms with van der Waals surface area (Å²) in [4.78, 5) is 24.8. The van der Waals surface area contributed by atoms with Gasteiger partial charge in [-0.25, -0.2) is 0 Å². The number of carbonyl (C=O) groups excluding carboxylic acids is 2. The van der Waals surface area contributed by atoms with Crippen molar-refractivity contribution in [2.75, 3.05) is 25.1 Å². The number of nitrogens with one attached hydrogen (secondary N) is 1. The summed E-state index contributed by atoms with van der Waals surface area (Å²) in [5.41, 5.74) is 1.82. The number of hydrogen-bond acceptors (Lipinski definition) is 3. The molecule has 1 aliphatic heterocycles. The molecule has 0 aromatic heterocycles. The van der Waals surface area contributed by atoms with Gasteiger partial charge in [0.1, 0.15) is 0 Å². The molecule has 5 heteroatoms. The number of amides is 2.